The Bertz CT molecular complexity index is 531. The monoisotopic (exact) mass is 314 g/mol. The maximum Gasteiger partial charge on any atom is 0.0991 e. The van der Waals surface area contributed by atoms with Crippen molar-refractivity contribution in [1.29, 1.82) is 5.26 Å². The third-order valence-electron chi connectivity index (χ3n) is 5.31. The molecule has 1 aromatic rings. The number of hydrogen-bond acceptors (Lipinski definition) is 4. The van der Waals surface area contributed by atoms with Gasteiger partial charge in [-0.2, -0.15) is 5.26 Å². The molecule has 2 unspecified atom stereocenters. The summed E-state index contributed by atoms with van der Waals surface area (Å²) in [6, 6.07) is 10.0. The Balaban J connectivity index is 1.64. The Morgan fingerprint density at radius 2 is 1.91 bits per heavy atom. The van der Waals surface area contributed by atoms with Gasteiger partial charge >= 0.3 is 0 Å². The van der Waals surface area contributed by atoms with E-state index < -0.39 is 6.10 Å². The van der Waals surface area contributed by atoms with Gasteiger partial charge in [0, 0.05) is 25.8 Å². The van der Waals surface area contributed by atoms with Crippen molar-refractivity contribution in [3.63, 3.8) is 0 Å². The number of hydrogen-bond donors (Lipinski definition) is 1. The number of rotatable bonds is 4. The molecule has 2 fully saturated rings. The second-order valence-electron chi connectivity index (χ2n) is 6.76. The van der Waals surface area contributed by atoms with Crippen molar-refractivity contribution in [3.8, 4) is 6.07 Å². The lowest BCUT2D eigenvalue weighted by Gasteiger charge is -2.42. The van der Waals surface area contributed by atoms with Gasteiger partial charge in [0.1, 0.15) is 0 Å². The van der Waals surface area contributed by atoms with Crippen LogP contribution in [0.25, 0.3) is 0 Å². The number of benzene rings is 1. The van der Waals surface area contributed by atoms with Crippen molar-refractivity contribution in [2.24, 2.45) is 5.92 Å². The molecule has 4 nitrogen and oxygen atoms in total. The Morgan fingerprint density at radius 1 is 1.17 bits per heavy atom. The molecule has 1 N–H and O–H groups in total. The first-order valence-electron chi connectivity index (χ1n) is 8.78. The minimum absolute atomic E-state index is 0.483. The summed E-state index contributed by atoms with van der Waals surface area (Å²) >= 11 is 0. The van der Waals surface area contributed by atoms with Gasteiger partial charge in [-0.05, 0) is 55.8 Å². The predicted octanol–water partition coefficient (Wildman–Crippen LogP) is 2.87. The summed E-state index contributed by atoms with van der Waals surface area (Å²) in [5.41, 5.74) is 1.54. The molecule has 2 saturated heterocycles. The van der Waals surface area contributed by atoms with E-state index in [1.54, 1.807) is 12.1 Å². The lowest BCUT2D eigenvalue weighted by molar-refractivity contribution is -0.00381. The molecule has 0 spiro atoms. The van der Waals surface area contributed by atoms with Gasteiger partial charge in [-0.3, -0.25) is 4.90 Å². The van der Waals surface area contributed by atoms with E-state index in [4.69, 9.17) is 10.00 Å². The van der Waals surface area contributed by atoms with Crippen molar-refractivity contribution in [1.82, 2.24) is 4.90 Å². The quantitative estimate of drug-likeness (QED) is 0.928. The summed E-state index contributed by atoms with van der Waals surface area (Å²) in [5, 5.41) is 19.5. The first-order chi connectivity index (χ1) is 11.3. The average Bonchev–Trinajstić information content (AvgIpc) is 2.63. The van der Waals surface area contributed by atoms with E-state index >= 15 is 0 Å². The smallest absolute Gasteiger partial charge is 0.0991 e. The molecule has 1 aromatic carbocycles. The Morgan fingerprint density at radius 3 is 2.61 bits per heavy atom. The van der Waals surface area contributed by atoms with Gasteiger partial charge in [-0.15, -0.1) is 0 Å². The molecule has 2 aliphatic heterocycles. The van der Waals surface area contributed by atoms with E-state index in [1.807, 2.05) is 12.1 Å². The second-order valence-corrected chi connectivity index (χ2v) is 6.76. The normalized spacial score (nSPS) is 25.0. The first-order valence-corrected chi connectivity index (χ1v) is 8.78. The van der Waals surface area contributed by atoms with Crippen LogP contribution in [0.5, 0.6) is 0 Å². The van der Waals surface area contributed by atoms with E-state index in [2.05, 4.69) is 11.0 Å². The molecular formula is C19H26N2O2. The number of ether oxygens (including phenoxy) is 1. The van der Waals surface area contributed by atoms with Crippen LogP contribution in [0.15, 0.2) is 24.3 Å². The number of piperidine rings is 1. The lowest BCUT2D eigenvalue weighted by atomic mass is 9.85. The molecule has 3 rings (SSSR count). The summed E-state index contributed by atoms with van der Waals surface area (Å²) in [5.74, 6) is 0.706. The maximum absolute atomic E-state index is 10.6. The second kappa shape index (κ2) is 7.92. The van der Waals surface area contributed by atoms with Crippen LogP contribution < -0.4 is 0 Å². The fraction of sp³-hybridized carbons (Fsp3) is 0.632. The fourth-order valence-electron chi connectivity index (χ4n) is 3.99. The van der Waals surface area contributed by atoms with Crippen molar-refractivity contribution in [2.45, 2.75) is 44.2 Å². The number of aliphatic hydroxyl groups excluding tert-OH is 1. The highest BCUT2D eigenvalue weighted by Gasteiger charge is 2.32. The molecule has 0 aromatic heterocycles. The average molecular weight is 314 g/mol. The molecule has 0 aliphatic carbocycles. The van der Waals surface area contributed by atoms with E-state index in [-0.39, 0.29) is 0 Å². The van der Waals surface area contributed by atoms with Crippen LogP contribution in [0.4, 0.5) is 0 Å². The molecule has 2 aliphatic rings. The number of aliphatic hydroxyl groups is 1. The summed E-state index contributed by atoms with van der Waals surface area (Å²) in [6.07, 6.45) is 5.57. The topological polar surface area (TPSA) is 56.5 Å². The van der Waals surface area contributed by atoms with Crippen LogP contribution in [0.3, 0.4) is 0 Å². The van der Waals surface area contributed by atoms with Gasteiger partial charge in [0.25, 0.3) is 0 Å². The molecule has 2 atom stereocenters. The molecular weight excluding hydrogens is 288 g/mol. The summed E-state index contributed by atoms with van der Waals surface area (Å²) < 4.78 is 5.50. The molecule has 124 valence electrons. The van der Waals surface area contributed by atoms with Gasteiger partial charge in [0.15, 0.2) is 0 Å². The number of nitrogens with zero attached hydrogens (tertiary/aromatic N) is 2. The third-order valence-corrected chi connectivity index (χ3v) is 5.31. The lowest BCUT2D eigenvalue weighted by Crippen LogP contribution is -2.47. The van der Waals surface area contributed by atoms with Gasteiger partial charge < -0.3 is 9.84 Å². The van der Waals surface area contributed by atoms with E-state index in [0.717, 1.165) is 38.2 Å². The number of likely N-dealkylation sites (tertiary alicyclic amines) is 1. The zero-order valence-corrected chi connectivity index (χ0v) is 13.7. The van der Waals surface area contributed by atoms with Gasteiger partial charge in [0.2, 0.25) is 0 Å². The minimum atomic E-state index is -0.483. The summed E-state index contributed by atoms with van der Waals surface area (Å²) in [7, 11) is 0. The summed E-state index contributed by atoms with van der Waals surface area (Å²) in [6.45, 7) is 3.53. The molecule has 4 heteroatoms. The molecule has 0 amide bonds. The SMILES string of the molecule is N#Cc1ccc(C(O)CN2CCCCC2C2CCOCC2)cc1. The Kier molecular flexibility index (Phi) is 5.66. The highest BCUT2D eigenvalue weighted by Crippen LogP contribution is 2.31. The largest absolute Gasteiger partial charge is 0.387 e. The van der Waals surface area contributed by atoms with E-state index in [0.29, 0.717) is 24.1 Å². The van der Waals surface area contributed by atoms with Crippen molar-refractivity contribution >= 4 is 0 Å². The highest BCUT2D eigenvalue weighted by molar-refractivity contribution is 5.32. The van der Waals surface area contributed by atoms with Crippen LogP contribution in [0, 0.1) is 17.2 Å². The number of nitriles is 1. The van der Waals surface area contributed by atoms with E-state index in [1.165, 1.54) is 19.3 Å². The zero-order chi connectivity index (χ0) is 16.1. The minimum Gasteiger partial charge on any atom is -0.387 e. The molecule has 0 radical (unpaired) electrons. The standard InChI is InChI=1S/C19H26N2O2/c20-13-15-4-6-17(7-5-15)19(22)14-21-10-2-1-3-18(21)16-8-11-23-12-9-16/h4-7,16,18-19,22H,1-3,8-12,14H2. The van der Waals surface area contributed by atoms with Gasteiger partial charge in [-0.25, -0.2) is 0 Å². The number of β-amino-alcohol motifs (C(OH)–C–C–N with tert-alkyl or cyclic N) is 1. The Labute approximate surface area is 138 Å². The zero-order valence-electron chi connectivity index (χ0n) is 13.7. The Hall–Kier alpha value is -1.41. The maximum atomic E-state index is 10.6. The van der Waals surface area contributed by atoms with Gasteiger partial charge in [0.05, 0.1) is 17.7 Å². The third kappa shape index (κ3) is 4.11. The van der Waals surface area contributed by atoms with Crippen molar-refractivity contribution in [3.05, 3.63) is 35.4 Å². The van der Waals surface area contributed by atoms with Crippen LogP contribution in [0.2, 0.25) is 0 Å². The molecule has 0 saturated carbocycles. The fourth-order valence-corrected chi connectivity index (χ4v) is 3.99. The van der Waals surface area contributed by atoms with Crippen LogP contribution >= 0.6 is 0 Å². The highest BCUT2D eigenvalue weighted by atomic mass is 16.5. The molecule has 23 heavy (non-hydrogen) atoms. The van der Waals surface area contributed by atoms with E-state index in [9.17, 15) is 5.11 Å². The van der Waals surface area contributed by atoms with Gasteiger partial charge in [-0.1, -0.05) is 18.6 Å². The van der Waals surface area contributed by atoms with Crippen molar-refractivity contribution < 1.29 is 9.84 Å². The van der Waals surface area contributed by atoms with Crippen molar-refractivity contribution in [2.75, 3.05) is 26.3 Å². The molecule has 0 bridgehead atoms. The molecule has 2 heterocycles. The predicted molar refractivity (Wildman–Crippen MR) is 88.9 cm³/mol. The summed E-state index contributed by atoms with van der Waals surface area (Å²) in [4.78, 5) is 2.49. The van der Waals surface area contributed by atoms with Crippen LogP contribution in [-0.2, 0) is 4.74 Å². The first kappa shape index (κ1) is 16.4. The van der Waals surface area contributed by atoms with Crippen LogP contribution in [-0.4, -0.2) is 42.4 Å². The van der Waals surface area contributed by atoms with Crippen LogP contribution in [0.1, 0.15) is 49.3 Å².